The number of piperazine rings is 1. The van der Waals surface area contributed by atoms with Crippen molar-refractivity contribution in [2.24, 2.45) is 0 Å². The van der Waals surface area contributed by atoms with Gasteiger partial charge in [0.1, 0.15) is 32.7 Å². The third-order valence-electron chi connectivity index (χ3n) is 5.30. The van der Waals surface area contributed by atoms with Crippen molar-refractivity contribution in [3.8, 4) is 0 Å². The van der Waals surface area contributed by atoms with E-state index in [1.165, 1.54) is 56.7 Å². The largest absolute Gasteiger partial charge is 0.323 e. The van der Waals surface area contributed by atoms with E-state index >= 15 is 0 Å². The van der Waals surface area contributed by atoms with Crippen LogP contribution in [0.5, 0.6) is 0 Å². The van der Waals surface area contributed by atoms with E-state index in [1.807, 2.05) is 0 Å². The predicted molar refractivity (Wildman–Crippen MR) is 95.8 cm³/mol. The maximum absolute atomic E-state index is 2.43. The molecule has 0 radical (unpaired) electrons. The van der Waals surface area contributed by atoms with Gasteiger partial charge in [-0.25, -0.2) is 0 Å². The van der Waals surface area contributed by atoms with Gasteiger partial charge in [-0.15, -0.1) is 0 Å². The Hall–Kier alpha value is -1.64. The van der Waals surface area contributed by atoms with E-state index in [2.05, 4.69) is 67.6 Å². The minimum absolute atomic E-state index is 0.772. The van der Waals surface area contributed by atoms with E-state index in [-0.39, 0.29) is 0 Å². The second-order valence-corrected chi connectivity index (χ2v) is 7.00. The van der Waals surface area contributed by atoms with E-state index < -0.39 is 0 Å². The van der Waals surface area contributed by atoms with Crippen LogP contribution in [0.15, 0.2) is 60.7 Å². The summed E-state index contributed by atoms with van der Waals surface area (Å²) in [4.78, 5) is 3.55. The molecule has 0 bridgehead atoms. The van der Waals surface area contributed by atoms with Crippen molar-refractivity contribution in [2.45, 2.75) is 32.4 Å². The van der Waals surface area contributed by atoms with Crippen LogP contribution in [0.3, 0.4) is 0 Å². The Morgan fingerprint density at radius 1 is 0.783 bits per heavy atom. The Kier molecular flexibility index (Phi) is 5.84. The Balaban J connectivity index is 1.41. The zero-order chi connectivity index (χ0) is 15.9. The monoisotopic (exact) mass is 310 g/mol. The van der Waals surface area contributed by atoms with Crippen molar-refractivity contribution < 1.29 is 9.80 Å². The maximum Gasteiger partial charge on any atom is 0.127 e. The van der Waals surface area contributed by atoms with E-state index in [0.717, 1.165) is 6.04 Å². The summed E-state index contributed by atoms with van der Waals surface area (Å²) in [6.07, 6.45) is 2.51. The molecule has 1 saturated heterocycles. The van der Waals surface area contributed by atoms with Gasteiger partial charge in [-0.3, -0.25) is 0 Å². The summed E-state index contributed by atoms with van der Waals surface area (Å²) in [6, 6.07) is 22.6. The van der Waals surface area contributed by atoms with E-state index in [4.69, 9.17) is 0 Å². The molecule has 23 heavy (non-hydrogen) atoms. The standard InChI is InChI=1S/C21H28N2/c1-19(12-13-20-8-4-2-5-9-20)23-16-14-22(15-17-23)18-21-10-6-3-7-11-21/h2-11,19H,12-18H2,1H3/p+2/t19-/m0/s1. The lowest BCUT2D eigenvalue weighted by atomic mass is 10.0. The predicted octanol–water partition coefficient (Wildman–Crippen LogP) is 0.991. The molecule has 0 amide bonds. The lowest BCUT2D eigenvalue weighted by molar-refractivity contribution is -1.03. The normalized spacial score (nSPS) is 22.7. The van der Waals surface area contributed by atoms with Crippen molar-refractivity contribution in [1.82, 2.24) is 0 Å². The average Bonchev–Trinajstić information content (AvgIpc) is 2.62. The first-order valence-electron chi connectivity index (χ1n) is 9.07. The van der Waals surface area contributed by atoms with Gasteiger partial charge in [0.15, 0.2) is 0 Å². The molecular formula is C21H30N2+2. The third kappa shape index (κ3) is 4.92. The number of hydrogen-bond donors (Lipinski definition) is 2. The molecule has 0 saturated carbocycles. The Bertz CT molecular complexity index is 559. The van der Waals surface area contributed by atoms with Gasteiger partial charge in [-0.2, -0.15) is 0 Å². The van der Waals surface area contributed by atoms with Crippen molar-refractivity contribution in [1.29, 1.82) is 0 Å². The molecule has 1 atom stereocenters. The Morgan fingerprint density at radius 3 is 1.96 bits per heavy atom. The molecule has 1 heterocycles. The molecule has 0 aliphatic carbocycles. The van der Waals surface area contributed by atoms with Crippen molar-refractivity contribution in [2.75, 3.05) is 26.2 Å². The van der Waals surface area contributed by atoms with Crippen molar-refractivity contribution >= 4 is 0 Å². The molecule has 0 aromatic heterocycles. The van der Waals surface area contributed by atoms with Crippen molar-refractivity contribution in [3.63, 3.8) is 0 Å². The molecule has 1 aliphatic heterocycles. The summed E-state index contributed by atoms with van der Waals surface area (Å²) < 4.78 is 0. The minimum atomic E-state index is 0.772. The minimum Gasteiger partial charge on any atom is -0.323 e. The average molecular weight is 310 g/mol. The molecule has 2 aromatic carbocycles. The van der Waals surface area contributed by atoms with Gasteiger partial charge in [-0.05, 0) is 18.9 Å². The summed E-state index contributed by atoms with van der Waals surface area (Å²) in [5, 5.41) is 0. The second kappa shape index (κ2) is 8.28. The molecule has 0 unspecified atom stereocenters. The number of benzene rings is 2. The molecule has 3 rings (SSSR count). The van der Waals surface area contributed by atoms with Gasteiger partial charge in [0.25, 0.3) is 0 Å². The number of aryl methyl sites for hydroxylation is 1. The molecule has 2 heteroatoms. The van der Waals surface area contributed by atoms with E-state index in [1.54, 1.807) is 9.80 Å². The van der Waals surface area contributed by atoms with Crippen LogP contribution in [-0.2, 0) is 13.0 Å². The molecule has 1 fully saturated rings. The quantitative estimate of drug-likeness (QED) is 0.787. The highest BCUT2D eigenvalue weighted by Crippen LogP contribution is 2.03. The van der Waals surface area contributed by atoms with Crippen molar-refractivity contribution in [3.05, 3.63) is 71.8 Å². The molecule has 1 aliphatic rings. The fourth-order valence-electron chi connectivity index (χ4n) is 3.71. The van der Waals surface area contributed by atoms with Crippen LogP contribution in [0, 0.1) is 0 Å². The second-order valence-electron chi connectivity index (χ2n) is 7.00. The number of nitrogens with one attached hydrogen (secondary N) is 2. The summed E-state index contributed by atoms with van der Waals surface area (Å²) in [7, 11) is 0. The molecule has 122 valence electrons. The fourth-order valence-corrected chi connectivity index (χ4v) is 3.71. The van der Waals surface area contributed by atoms with Gasteiger partial charge in [0.05, 0.1) is 6.04 Å². The van der Waals surface area contributed by atoms with Crippen LogP contribution in [0.4, 0.5) is 0 Å². The smallest absolute Gasteiger partial charge is 0.127 e. The van der Waals surface area contributed by atoms with E-state index in [9.17, 15) is 0 Å². The van der Waals surface area contributed by atoms with Crippen LogP contribution in [0.25, 0.3) is 0 Å². The van der Waals surface area contributed by atoms with Gasteiger partial charge >= 0.3 is 0 Å². The molecule has 2 aromatic rings. The lowest BCUT2D eigenvalue weighted by Crippen LogP contribution is -3.29. The number of hydrogen-bond acceptors (Lipinski definition) is 0. The number of quaternary nitrogens is 2. The lowest BCUT2D eigenvalue weighted by Gasteiger charge is -2.33. The maximum atomic E-state index is 2.43. The zero-order valence-electron chi connectivity index (χ0n) is 14.3. The summed E-state index contributed by atoms with van der Waals surface area (Å²) in [5.74, 6) is 0. The third-order valence-corrected chi connectivity index (χ3v) is 5.30. The SMILES string of the molecule is C[C@@H](CCc1ccccc1)[NH+]1CC[NH+](Cc2ccccc2)CC1. The van der Waals surface area contributed by atoms with Crippen LogP contribution in [0.2, 0.25) is 0 Å². The molecule has 0 spiro atoms. The van der Waals surface area contributed by atoms with E-state index in [0.29, 0.717) is 0 Å². The molecule has 2 N–H and O–H groups in total. The van der Waals surface area contributed by atoms with Gasteiger partial charge in [-0.1, -0.05) is 60.7 Å². The first-order valence-corrected chi connectivity index (χ1v) is 9.07. The Labute approximate surface area is 140 Å². The highest BCUT2D eigenvalue weighted by atomic mass is 15.3. The number of rotatable bonds is 6. The highest BCUT2D eigenvalue weighted by Gasteiger charge is 2.26. The zero-order valence-corrected chi connectivity index (χ0v) is 14.3. The van der Waals surface area contributed by atoms with Crippen LogP contribution in [-0.4, -0.2) is 32.2 Å². The molecule has 2 nitrogen and oxygen atoms in total. The first kappa shape index (κ1) is 16.2. The van der Waals surface area contributed by atoms with Crippen LogP contribution < -0.4 is 9.80 Å². The van der Waals surface area contributed by atoms with Crippen LogP contribution in [0.1, 0.15) is 24.5 Å². The van der Waals surface area contributed by atoms with Gasteiger partial charge in [0, 0.05) is 12.0 Å². The summed E-state index contributed by atoms with van der Waals surface area (Å²) in [6.45, 7) is 8.86. The summed E-state index contributed by atoms with van der Waals surface area (Å²) in [5.41, 5.74) is 2.95. The summed E-state index contributed by atoms with van der Waals surface area (Å²) >= 11 is 0. The van der Waals surface area contributed by atoms with Crippen LogP contribution >= 0.6 is 0 Å². The molecular weight excluding hydrogens is 280 g/mol. The first-order chi connectivity index (χ1) is 11.3. The van der Waals surface area contributed by atoms with Gasteiger partial charge < -0.3 is 9.80 Å². The fraction of sp³-hybridized carbons (Fsp3) is 0.429. The topological polar surface area (TPSA) is 8.88 Å². The Morgan fingerprint density at radius 2 is 1.35 bits per heavy atom. The highest BCUT2D eigenvalue weighted by molar-refractivity contribution is 5.14. The van der Waals surface area contributed by atoms with Gasteiger partial charge in [0.2, 0.25) is 0 Å².